The van der Waals surface area contributed by atoms with Gasteiger partial charge in [-0.1, -0.05) is 0 Å². The fourth-order valence-electron chi connectivity index (χ4n) is 0.908. The molecule has 0 spiro atoms. The van der Waals surface area contributed by atoms with Crippen molar-refractivity contribution in [3.8, 4) is 0 Å². The molecule has 12 heavy (non-hydrogen) atoms. The first-order valence-electron chi connectivity index (χ1n) is 3.72. The molecule has 4 nitrogen and oxygen atoms in total. The third kappa shape index (κ3) is 1.73. The van der Waals surface area contributed by atoms with E-state index in [2.05, 4.69) is 10.3 Å². The highest BCUT2D eigenvalue weighted by molar-refractivity contribution is 7.71. The van der Waals surface area contributed by atoms with Gasteiger partial charge in [-0.3, -0.25) is 0 Å². The van der Waals surface area contributed by atoms with E-state index >= 15 is 0 Å². The summed E-state index contributed by atoms with van der Waals surface area (Å²) >= 11 is 4.97. The molecule has 0 fully saturated rings. The van der Waals surface area contributed by atoms with Crippen LogP contribution in [0.1, 0.15) is 6.92 Å². The second-order valence-corrected chi connectivity index (χ2v) is 2.80. The fraction of sp³-hybridized carbons (Fsp3) is 0.429. The van der Waals surface area contributed by atoms with E-state index in [0.717, 1.165) is 12.4 Å². The number of nitrogens with two attached hydrogens (primary N) is 1. The summed E-state index contributed by atoms with van der Waals surface area (Å²) in [6.45, 7) is 2.85. The zero-order valence-electron chi connectivity index (χ0n) is 7.16. The third-order valence-corrected chi connectivity index (χ3v) is 1.88. The average molecular weight is 184 g/mol. The number of nitrogens with one attached hydrogen (secondary N) is 1. The molecule has 0 radical (unpaired) electrons. The first-order chi connectivity index (χ1) is 5.65. The maximum Gasteiger partial charge on any atom is 0.202 e. The van der Waals surface area contributed by atoms with Gasteiger partial charge in [0.2, 0.25) is 4.77 Å². The predicted octanol–water partition coefficient (Wildman–Crippen LogP) is 1.16. The Bertz CT molecular complexity index is 331. The van der Waals surface area contributed by atoms with E-state index < -0.39 is 0 Å². The molecule has 0 aliphatic rings. The monoisotopic (exact) mass is 184 g/mol. The highest BCUT2D eigenvalue weighted by atomic mass is 32.1. The van der Waals surface area contributed by atoms with Crippen molar-refractivity contribution in [1.82, 2.24) is 9.55 Å². The van der Waals surface area contributed by atoms with Crippen molar-refractivity contribution in [3.63, 3.8) is 0 Å². The molecule has 66 valence electrons. The van der Waals surface area contributed by atoms with E-state index in [-0.39, 0.29) is 0 Å². The van der Waals surface area contributed by atoms with Crippen LogP contribution in [0, 0.1) is 4.77 Å². The number of anilines is 2. The first kappa shape index (κ1) is 8.99. The van der Waals surface area contributed by atoms with Gasteiger partial charge in [0.25, 0.3) is 0 Å². The molecule has 0 amide bonds. The largest absolute Gasteiger partial charge is 0.383 e. The smallest absolute Gasteiger partial charge is 0.202 e. The standard InChI is InChI=1S/C7H12N4S/c1-3-9-6-4-5(8)10-7(12)11(6)2/h4,9H,3H2,1-2H3,(H2,8,10,12). The Labute approximate surface area is 76.4 Å². The molecule has 0 bridgehead atoms. The van der Waals surface area contributed by atoms with Crippen LogP contribution < -0.4 is 11.1 Å². The zero-order valence-corrected chi connectivity index (χ0v) is 7.98. The van der Waals surface area contributed by atoms with E-state index in [4.69, 9.17) is 18.0 Å². The van der Waals surface area contributed by atoms with Crippen molar-refractivity contribution < 1.29 is 0 Å². The lowest BCUT2D eigenvalue weighted by Gasteiger charge is -2.09. The van der Waals surface area contributed by atoms with Gasteiger partial charge in [-0.15, -0.1) is 0 Å². The van der Waals surface area contributed by atoms with Gasteiger partial charge in [0.15, 0.2) is 0 Å². The SMILES string of the molecule is CCNc1cc(N)nc(=S)n1C. The minimum atomic E-state index is 0.453. The Kier molecular flexibility index (Phi) is 2.65. The lowest BCUT2D eigenvalue weighted by molar-refractivity contribution is 0.847. The minimum absolute atomic E-state index is 0.453. The minimum Gasteiger partial charge on any atom is -0.383 e. The molecular formula is C7H12N4S. The second kappa shape index (κ2) is 3.53. The third-order valence-electron chi connectivity index (χ3n) is 1.52. The van der Waals surface area contributed by atoms with Crippen LogP contribution in [0.4, 0.5) is 11.6 Å². The van der Waals surface area contributed by atoms with Crippen LogP contribution in [0.3, 0.4) is 0 Å². The fourth-order valence-corrected chi connectivity index (χ4v) is 1.11. The van der Waals surface area contributed by atoms with Gasteiger partial charge in [0.1, 0.15) is 11.6 Å². The van der Waals surface area contributed by atoms with Crippen molar-refractivity contribution in [2.75, 3.05) is 17.6 Å². The summed E-state index contributed by atoms with van der Waals surface area (Å²) in [5, 5.41) is 3.13. The van der Waals surface area contributed by atoms with Crippen LogP contribution >= 0.6 is 12.2 Å². The van der Waals surface area contributed by atoms with E-state index in [0.29, 0.717) is 10.6 Å². The van der Waals surface area contributed by atoms with Crippen molar-refractivity contribution in [2.45, 2.75) is 6.92 Å². The molecule has 1 aromatic rings. The number of hydrogen-bond donors (Lipinski definition) is 2. The van der Waals surface area contributed by atoms with Gasteiger partial charge in [0, 0.05) is 19.7 Å². The summed E-state index contributed by atoms with van der Waals surface area (Å²) in [6.07, 6.45) is 0. The van der Waals surface area contributed by atoms with Gasteiger partial charge in [-0.05, 0) is 19.1 Å². The molecule has 0 aliphatic carbocycles. The molecule has 0 unspecified atom stereocenters. The Balaban J connectivity index is 3.18. The number of rotatable bonds is 2. The van der Waals surface area contributed by atoms with Gasteiger partial charge in [0.05, 0.1) is 0 Å². The van der Waals surface area contributed by atoms with Gasteiger partial charge < -0.3 is 15.6 Å². The first-order valence-corrected chi connectivity index (χ1v) is 4.13. The number of nitrogens with zero attached hydrogens (tertiary/aromatic N) is 2. The molecule has 3 N–H and O–H groups in total. The lowest BCUT2D eigenvalue weighted by Crippen LogP contribution is -2.08. The van der Waals surface area contributed by atoms with E-state index in [1.165, 1.54) is 0 Å². The van der Waals surface area contributed by atoms with E-state index in [1.807, 2.05) is 14.0 Å². The Hall–Kier alpha value is -1.10. The zero-order chi connectivity index (χ0) is 9.14. The molecule has 0 saturated heterocycles. The van der Waals surface area contributed by atoms with Crippen molar-refractivity contribution in [3.05, 3.63) is 10.8 Å². The lowest BCUT2D eigenvalue weighted by atomic mass is 10.5. The highest BCUT2D eigenvalue weighted by Crippen LogP contribution is 2.09. The topological polar surface area (TPSA) is 55.9 Å². The Morgan fingerprint density at radius 2 is 2.42 bits per heavy atom. The number of nitrogen functional groups attached to an aromatic ring is 1. The molecule has 0 saturated carbocycles. The summed E-state index contributed by atoms with van der Waals surface area (Å²) in [4.78, 5) is 3.93. The van der Waals surface area contributed by atoms with Crippen molar-refractivity contribution >= 4 is 23.9 Å². The second-order valence-electron chi connectivity index (χ2n) is 2.44. The molecule has 0 aromatic carbocycles. The quantitative estimate of drug-likeness (QED) is 0.677. The number of hydrogen-bond acceptors (Lipinski definition) is 4. The molecule has 5 heteroatoms. The van der Waals surface area contributed by atoms with Gasteiger partial charge in [-0.2, -0.15) is 0 Å². The maximum atomic E-state index is 5.53. The molecule has 0 atom stereocenters. The molecule has 1 aromatic heterocycles. The van der Waals surface area contributed by atoms with Crippen molar-refractivity contribution in [1.29, 1.82) is 0 Å². The van der Waals surface area contributed by atoms with Crippen LogP contribution in [0.2, 0.25) is 0 Å². The van der Waals surface area contributed by atoms with Crippen LogP contribution in [0.15, 0.2) is 6.07 Å². The molecule has 1 rings (SSSR count). The van der Waals surface area contributed by atoms with Crippen LogP contribution in [0.5, 0.6) is 0 Å². The summed E-state index contributed by atoms with van der Waals surface area (Å²) in [5.41, 5.74) is 5.53. The maximum absolute atomic E-state index is 5.53. The van der Waals surface area contributed by atoms with Gasteiger partial charge in [-0.25, -0.2) is 4.98 Å². The normalized spacial score (nSPS) is 9.83. The van der Waals surface area contributed by atoms with E-state index in [1.54, 1.807) is 10.6 Å². The Morgan fingerprint density at radius 3 is 3.00 bits per heavy atom. The number of aromatic nitrogens is 2. The van der Waals surface area contributed by atoms with Gasteiger partial charge >= 0.3 is 0 Å². The summed E-state index contributed by atoms with van der Waals surface area (Å²) in [5.74, 6) is 1.35. The Morgan fingerprint density at radius 1 is 1.75 bits per heavy atom. The van der Waals surface area contributed by atoms with E-state index in [9.17, 15) is 0 Å². The van der Waals surface area contributed by atoms with Crippen LogP contribution in [-0.4, -0.2) is 16.1 Å². The predicted molar refractivity (Wildman–Crippen MR) is 52.6 cm³/mol. The van der Waals surface area contributed by atoms with Crippen molar-refractivity contribution in [2.24, 2.45) is 7.05 Å². The molecule has 1 heterocycles. The van der Waals surface area contributed by atoms with Crippen LogP contribution in [0.25, 0.3) is 0 Å². The molecule has 0 aliphatic heterocycles. The summed E-state index contributed by atoms with van der Waals surface area (Å²) < 4.78 is 2.28. The summed E-state index contributed by atoms with van der Waals surface area (Å²) in [6, 6.07) is 1.76. The summed E-state index contributed by atoms with van der Waals surface area (Å²) in [7, 11) is 1.85. The van der Waals surface area contributed by atoms with Crippen LogP contribution in [-0.2, 0) is 7.05 Å². The molecular weight excluding hydrogens is 172 g/mol. The average Bonchev–Trinajstić information content (AvgIpc) is 2.00. The highest BCUT2D eigenvalue weighted by Gasteiger charge is 1.97.